The van der Waals surface area contributed by atoms with Crippen LogP contribution in [0, 0.1) is 24.4 Å². The lowest BCUT2D eigenvalue weighted by molar-refractivity contribution is -0.116. The number of halogens is 4. The maximum atomic E-state index is 14.7. The number of rotatable bonds is 8. The van der Waals surface area contributed by atoms with Gasteiger partial charge in [-0.2, -0.15) is 0 Å². The highest BCUT2D eigenvalue weighted by Crippen LogP contribution is 2.31. The van der Waals surface area contributed by atoms with Gasteiger partial charge in [0, 0.05) is 30.5 Å². The Balaban J connectivity index is 1.51. The first kappa shape index (κ1) is 26.1. The van der Waals surface area contributed by atoms with E-state index in [0.29, 0.717) is 42.7 Å². The van der Waals surface area contributed by atoms with E-state index < -0.39 is 29.3 Å². The Morgan fingerprint density at radius 1 is 1.14 bits per heavy atom. The second-order valence-electron chi connectivity index (χ2n) is 8.78. The van der Waals surface area contributed by atoms with Crippen molar-refractivity contribution in [3.8, 4) is 0 Å². The Kier molecular flexibility index (Phi) is 8.61. The molecule has 1 aliphatic rings. The van der Waals surface area contributed by atoms with Crippen molar-refractivity contribution in [2.24, 2.45) is 0 Å². The van der Waals surface area contributed by atoms with Crippen LogP contribution in [-0.2, 0) is 16.0 Å². The lowest BCUT2D eigenvalue weighted by Gasteiger charge is -2.28. The van der Waals surface area contributed by atoms with Gasteiger partial charge in [-0.3, -0.25) is 9.78 Å². The summed E-state index contributed by atoms with van der Waals surface area (Å²) in [6.45, 7) is 4.98. The van der Waals surface area contributed by atoms with Crippen molar-refractivity contribution in [1.29, 1.82) is 0 Å². The van der Waals surface area contributed by atoms with E-state index in [4.69, 9.17) is 16.3 Å². The Hall–Kier alpha value is -2.94. The molecule has 9 heteroatoms. The summed E-state index contributed by atoms with van der Waals surface area (Å²) in [6, 6.07) is 9.96. The quantitative estimate of drug-likeness (QED) is 0.419. The smallest absolute Gasteiger partial charge is 0.225 e. The third-order valence-electron chi connectivity index (χ3n) is 6.17. The molecule has 0 saturated carbocycles. The van der Waals surface area contributed by atoms with Gasteiger partial charge in [-0.05, 0) is 55.2 Å². The van der Waals surface area contributed by atoms with Crippen LogP contribution in [-0.4, -0.2) is 36.2 Å². The largest absolute Gasteiger partial charge is 0.375 e. The molecule has 3 aromatic rings. The number of benzene rings is 2. The van der Waals surface area contributed by atoms with Crippen LogP contribution in [0.25, 0.3) is 0 Å². The fourth-order valence-electron chi connectivity index (χ4n) is 4.22. The zero-order valence-electron chi connectivity index (χ0n) is 19.4. The average molecular weight is 517 g/mol. The predicted octanol–water partition coefficient (Wildman–Crippen LogP) is 5.44. The van der Waals surface area contributed by atoms with Crippen LogP contribution in [0.3, 0.4) is 0 Å². The van der Waals surface area contributed by atoms with Crippen LogP contribution in [0.4, 0.5) is 18.9 Å². The van der Waals surface area contributed by atoms with E-state index in [9.17, 15) is 18.0 Å². The summed E-state index contributed by atoms with van der Waals surface area (Å²) in [5.74, 6) is -2.59. The Bertz CT molecular complexity index is 1200. The maximum absolute atomic E-state index is 14.7. The van der Waals surface area contributed by atoms with E-state index in [1.165, 1.54) is 30.5 Å². The molecule has 1 saturated heterocycles. The van der Waals surface area contributed by atoms with Gasteiger partial charge < -0.3 is 15.4 Å². The molecule has 1 fully saturated rings. The maximum Gasteiger partial charge on any atom is 0.225 e. The molecular weight excluding hydrogens is 491 g/mol. The third kappa shape index (κ3) is 6.63. The molecule has 0 spiro atoms. The van der Waals surface area contributed by atoms with E-state index in [2.05, 4.69) is 22.5 Å². The number of hydrogen-bond acceptors (Lipinski definition) is 4. The number of morpholine rings is 1. The van der Waals surface area contributed by atoms with Gasteiger partial charge in [0.25, 0.3) is 0 Å². The van der Waals surface area contributed by atoms with Crippen LogP contribution in [0.15, 0.2) is 54.9 Å². The second kappa shape index (κ2) is 11.9. The van der Waals surface area contributed by atoms with Crippen molar-refractivity contribution >= 4 is 23.2 Å². The minimum Gasteiger partial charge on any atom is -0.375 e. The van der Waals surface area contributed by atoms with Crippen LogP contribution in [0.5, 0.6) is 0 Å². The highest BCUT2D eigenvalue weighted by Gasteiger charge is 2.23. The molecule has 2 N–H and O–H groups in total. The van der Waals surface area contributed by atoms with Crippen molar-refractivity contribution in [1.82, 2.24) is 10.3 Å². The van der Waals surface area contributed by atoms with Crippen LogP contribution < -0.4 is 10.6 Å². The number of amides is 1. The first-order valence-corrected chi connectivity index (χ1v) is 12.0. The van der Waals surface area contributed by atoms with Crippen molar-refractivity contribution in [3.63, 3.8) is 0 Å². The lowest BCUT2D eigenvalue weighted by atomic mass is 9.88. The topological polar surface area (TPSA) is 63.2 Å². The molecule has 1 aromatic heterocycles. The predicted molar refractivity (Wildman–Crippen MR) is 132 cm³/mol. The molecular formula is C27H26ClF3N3O2. The van der Waals surface area contributed by atoms with Crippen LogP contribution >= 0.6 is 11.6 Å². The number of nitrogens with zero attached hydrogens (tertiary/aromatic N) is 1. The summed E-state index contributed by atoms with van der Waals surface area (Å²) < 4.78 is 48.1. The zero-order valence-corrected chi connectivity index (χ0v) is 20.2. The number of hydrogen-bond donors (Lipinski definition) is 2. The number of nitrogens with one attached hydrogen (secondary N) is 2. The molecule has 1 radical (unpaired) electrons. The Labute approximate surface area is 213 Å². The number of ether oxygens (including phenoxy) is 1. The molecule has 0 unspecified atom stereocenters. The highest BCUT2D eigenvalue weighted by atomic mass is 35.5. The van der Waals surface area contributed by atoms with Crippen molar-refractivity contribution < 1.29 is 22.7 Å². The van der Waals surface area contributed by atoms with Crippen molar-refractivity contribution in [3.05, 3.63) is 101 Å². The minimum atomic E-state index is -0.622. The fraction of sp³-hybridized carbons (Fsp3) is 0.296. The number of pyridine rings is 1. The molecule has 0 bridgehead atoms. The lowest BCUT2D eigenvalue weighted by Crippen LogP contribution is -2.45. The van der Waals surface area contributed by atoms with Crippen LogP contribution in [0.1, 0.15) is 35.4 Å². The Morgan fingerprint density at radius 2 is 1.89 bits per heavy atom. The second-order valence-corrected chi connectivity index (χ2v) is 9.18. The molecule has 2 heterocycles. The molecule has 2 aromatic carbocycles. The fourth-order valence-corrected chi connectivity index (χ4v) is 4.34. The first-order chi connectivity index (χ1) is 17.3. The third-order valence-corrected chi connectivity index (χ3v) is 6.48. The van der Waals surface area contributed by atoms with E-state index >= 15 is 0 Å². The van der Waals surface area contributed by atoms with E-state index in [0.717, 1.165) is 6.20 Å². The van der Waals surface area contributed by atoms with Gasteiger partial charge in [0.1, 0.15) is 17.5 Å². The number of carbonyl (C=O) groups is 1. The number of carbonyl (C=O) groups excluding carboxylic acids is 1. The van der Waals surface area contributed by atoms with Gasteiger partial charge in [0.15, 0.2) is 0 Å². The summed E-state index contributed by atoms with van der Waals surface area (Å²) in [5, 5.41) is 5.93. The summed E-state index contributed by atoms with van der Waals surface area (Å²) in [6.07, 6.45) is 3.20. The molecule has 36 heavy (non-hydrogen) atoms. The van der Waals surface area contributed by atoms with Crippen LogP contribution in [0.2, 0.25) is 5.02 Å². The molecule has 0 aliphatic carbocycles. The summed E-state index contributed by atoms with van der Waals surface area (Å²) >= 11 is 5.83. The standard InChI is InChI=1S/C27H26ClF3N3O2/c1-16-15-36-20(12-33-16)7-8-21-25(31)13-32-14-26(21)34-27(35)11-22(17-2-5-19(29)6-3-17)18-4-9-23(28)24(30)10-18/h2-6,9-10,13-14,16,20,22,33H,1,7-8,11-12,15H2,(H,34,35)/t16-,20+,22+/m0/s1. The van der Waals surface area contributed by atoms with Gasteiger partial charge in [-0.15, -0.1) is 0 Å². The summed E-state index contributed by atoms with van der Waals surface area (Å²) in [4.78, 5) is 17.0. The Morgan fingerprint density at radius 3 is 2.58 bits per heavy atom. The molecule has 4 rings (SSSR count). The summed E-state index contributed by atoms with van der Waals surface area (Å²) in [5.41, 5.74) is 1.71. The van der Waals surface area contributed by atoms with Gasteiger partial charge in [-0.1, -0.05) is 29.8 Å². The SMILES string of the molecule is [CH2][C@H]1CO[C@H](CCc2c(F)cncc2NC(=O)C[C@H](c2ccc(F)cc2)c2ccc(Cl)c(F)c2)CN1. The van der Waals surface area contributed by atoms with Crippen molar-refractivity contribution in [2.45, 2.75) is 37.3 Å². The zero-order chi connectivity index (χ0) is 25.7. The molecule has 189 valence electrons. The average Bonchev–Trinajstić information content (AvgIpc) is 2.86. The van der Waals surface area contributed by atoms with Gasteiger partial charge in [0.2, 0.25) is 5.91 Å². The van der Waals surface area contributed by atoms with Gasteiger partial charge >= 0.3 is 0 Å². The number of anilines is 1. The molecule has 1 aliphatic heterocycles. The first-order valence-electron chi connectivity index (χ1n) is 11.6. The normalized spacial score (nSPS) is 18.6. The number of aromatic nitrogens is 1. The van der Waals surface area contributed by atoms with Gasteiger partial charge in [-0.25, -0.2) is 13.2 Å². The van der Waals surface area contributed by atoms with E-state index in [1.54, 1.807) is 18.2 Å². The van der Waals surface area contributed by atoms with E-state index in [1.807, 2.05) is 0 Å². The van der Waals surface area contributed by atoms with E-state index in [-0.39, 0.29) is 29.3 Å². The molecule has 5 nitrogen and oxygen atoms in total. The molecule has 3 atom stereocenters. The monoisotopic (exact) mass is 516 g/mol. The minimum absolute atomic E-state index is 0.0249. The summed E-state index contributed by atoms with van der Waals surface area (Å²) in [7, 11) is 0. The molecule has 1 amide bonds. The van der Waals surface area contributed by atoms with Crippen molar-refractivity contribution in [2.75, 3.05) is 18.5 Å². The van der Waals surface area contributed by atoms with Gasteiger partial charge in [0.05, 0.1) is 35.8 Å². The highest BCUT2D eigenvalue weighted by molar-refractivity contribution is 6.30.